The monoisotopic (exact) mass is 502 g/mol. The van der Waals surface area contributed by atoms with Crippen LogP contribution in [-0.2, 0) is 11.2 Å². The van der Waals surface area contributed by atoms with Crippen molar-refractivity contribution in [1.82, 2.24) is 14.9 Å². The molecule has 1 aromatic heterocycles. The summed E-state index contributed by atoms with van der Waals surface area (Å²) < 4.78 is 0. The van der Waals surface area contributed by atoms with E-state index in [1.54, 1.807) is 37.2 Å². The van der Waals surface area contributed by atoms with Gasteiger partial charge in [0.1, 0.15) is 5.82 Å². The lowest BCUT2D eigenvalue weighted by atomic mass is 10.0. The molecule has 7 heteroatoms. The van der Waals surface area contributed by atoms with Crippen molar-refractivity contribution in [2.24, 2.45) is 0 Å². The van der Waals surface area contributed by atoms with E-state index in [-0.39, 0.29) is 5.91 Å². The predicted molar refractivity (Wildman–Crippen MR) is 147 cm³/mol. The van der Waals surface area contributed by atoms with Gasteiger partial charge in [-0.05, 0) is 43.2 Å². The first kappa shape index (κ1) is 29.4. The summed E-state index contributed by atoms with van der Waals surface area (Å²) in [4.78, 5) is 25.1. The minimum Gasteiger partial charge on any atom is -0.354 e. The van der Waals surface area contributed by atoms with E-state index in [0.29, 0.717) is 29.6 Å². The van der Waals surface area contributed by atoms with Gasteiger partial charge in [0.15, 0.2) is 0 Å². The maximum Gasteiger partial charge on any atom is 0.219 e. The number of rotatable bonds is 10. The van der Waals surface area contributed by atoms with Gasteiger partial charge in [0.2, 0.25) is 5.91 Å². The third-order valence-corrected chi connectivity index (χ3v) is 5.66. The third kappa shape index (κ3) is 9.32. The normalized spacial score (nSPS) is 11.4. The van der Waals surface area contributed by atoms with Crippen LogP contribution in [0.5, 0.6) is 0 Å². The maximum atomic E-state index is 11.6. The molecule has 2 aromatic rings. The van der Waals surface area contributed by atoms with Gasteiger partial charge in [-0.2, -0.15) is 0 Å². The molecular formula is C27H36Cl2N4O. The highest BCUT2D eigenvalue weighted by molar-refractivity contribution is 6.31. The van der Waals surface area contributed by atoms with Crippen LogP contribution in [0.1, 0.15) is 51.6 Å². The Morgan fingerprint density at radius 1 is 1.12 bits per heavy atom. The first-order chi connectivity index (χ1) is 16.2. The summed E-state index contributed by atoms with van der Waals surface area (Å²) in [6, 6.07) is 7.73. The topological polar surface area (TPSA) is 49.3 Å². The quantitative estimate of drug-likeness (QED) is 0.336. The van der Waals surface area contributed by atoms with Crippen LogP contribution in [0.4, 0.5) is 5.82 Å². The van der Waals surface area contributed by atoms with Crippen molar-refractivity contribution in [3.63, 3.8) is 0 Å². The molecule has 0 radical (unpaired) electrons. The number of benzene rings is 1. The second kappa shape index (κ2) is 15.3. The number of allylic oxidation sites excluding steroid dienone is 5. The molecule has 0 atom stereocenters. The number of aromatic nitrogens is 2. The maximum absolute atomic E-state index is 11.6. The Labute approximate surface area is 214 Å². The van der Waals surface area contributed by atoms with E-state index >= 15 is 0 Å². The van der Waals surface area contributed by atoms with E-state index in [2.05, 4.69) is 18.4 Å². The van der Waals surface area contributed by atoms with Crippen LogP contribution >= 0.6 is 23.2 Å². The van der Waals surface area contributed by atoms with Crippen LogP contribution in [-0.4, -0.2) is 47.5 Å². The van der Waals surface area contributed by atoms with Crippen LogP contribution in [0.25, 0.3) is 5.57 Å². The number of halogens is 2. The third-order valence-electron chi connectivity index (χ3n) is 5.13. The molecule has 1 heterocycles. The Hall–Kier alpha value is -2.63. The Bertz CT molecular complexity index is 1000. The van der Waals surface area contributed by atoms with Crippen LogP contribution in [0, 0.1) is 0 Å². The van der Waals surface area contributed by atoms with Gasteiger partial charge in [0.05, 0.1) is 17.6 Å². The van der Waals surface area contributed by atoms with Crippen LogP contribution in [0.15, 0.2) is 60.3 Å². The lowest BCUT2D eigenvalue weighted by Crippen LogP contribution is -2.36. The van der Waals surface area contributed by atoms with E-state index < -0.39 is 0 Å². The Morgan fingerprint density at radius 3 is 2.32 bits per heavy atom. The lowest BCUT2D eigenvalue weighted by Gasteiger charge is -2.25. The molecule has 0 aliphatic carbocycles. The van der Waals surface area contributed by atoms with E-state index in [9.17, 15) is 4.79 Å². The van der Waals surface area contributed by atoms with Gasteiger partial charge in [-0.25, -0.2) is 4.98 Å². The smallest absolute Gasteiger partial charge is 0.219 e. The van der Waals surface area contributed by atoms with Crippen molar-refractivity contribution >= 4 is 40.5 Å². The van der Waals surface area contributed by atoms with Crippen molar-refractivity contribution in [2.45, 2.75) is 41.0 Å². The fraction of sp³-hybridized carbons (Fsp3) is 0.370. The SMILES string of the molecule is C=C/C(Cl)=C\C=C(/C)c1nc(N(CC)CCN(C)C(C)=O)cnc1Cc1ccc(Cl)cc1.CC. The Morgan fingerprint density at radius 2 is 1.76 bits per heavy atom. The van der Waals surface area contributed by atoms with Gasteiger partial charge in [-0.3, -0.25) is 9.78 Å². The molecule has 0 saturated heterocycles. The Balaban J connectivity index is 0.00000281. The molecule has 0 unspecified atom stereocenters. The highest BCUT2D eigenvalue weighted by Gasteiger charge is 2.15. The average molecular weight is 504 g/mol. The van der Waals surface area contributed by atoms with Crippen molar-refractivity contribution in [1.29, 1.82) is 0 Å². The molecule has 0 saturated carbocycles. The molecule has 34 heavy (non-hydrogen) atoms. The summed E-state index contributed by atoms with van der Waals surface area (Å²) in [5, 5.41) is 1.25. The van der Waals surface area contributed by atoms with Crippen molar-refractivity contribution < 1.29 is 4.79 Å². The number of hydrogen-bond donors (Lipinski definition) is 0. The van der Waals surface area contributed by atoms with Crippen molar-refractivity contribution in [3.05, 3.63) is 82.3 Å². The van der Waals surface area contributed by atoms with Crippen LogP contribution < -0.4 is 4.90 Å². The highest BCUT2D eigenvalue weighted by Crippen LogP contribution is 2.23. The van der Waals surface area contributed by atoms with E-state index in [4.69, 9.17) is 33.2 Å². The van der Waals surface area contributed by atoms with E-state index in [0.717, 1.165) is 34.9 Å². The molecule has 1 aromatic carbocycles. The van der Waals surface area contributed by atoms with E-state index in [1.807, 2.05) is 51.1 Å². The zero-order valence-electron chi connectivity index (χ0n) is 21.1. The molecule has 0 aliphatic heterocycles. The molecule has 1 amide bonds. The standard InChI is InChI=1S/C25H30Cl2N4O.C2H6/c1-6-21(26)11-8-18(3)25-23(16-20-9-12-22(27)13-10-20)28-17-24(29-25)31(7-2)15-14-30(5)19(4)32;1-2/h6,8-13,17H,1,7,14-16H2,2-5H3;1-2H3/b18-8+,21-11+;. The molecular weight excluding hydrogens is 467 g/mol. The molecule has 0 fully saturated rings. The summed E-state index contributed by atoms with van der Waals surface area (Å²) in [5.41, 5.74) is 3.71. The number of carbonyl (C=O) groups excluding carboxylic acids is 1. The summed E-state index contributed by atoms with van der Waals surface area (Å²) in [6.07, 6.45) is 7.73. The number of carbonyl (C=O) groups is 1. The molecule has 0 aliphatic rings. The highest BCUT2D eigenvalue weighted by atomic mass is 35.5. The molecule has 0 spiro atoms. The summed E-state index contributed by atoms with van der Waals surface area (Å²) >= 11 is 12.1. The Kier molecular flexibility index (Phi) is 13.2. The number of anilines is 1. The average Bonchev–Trinajstić information content (AvgIpc) is 2.85. The van der Waals surface area contributed by atoms with E-state index in [1.165, 1.54) is 0 Å². The number of hydrogen-bond acceptors (Lipinski definition) is 4. The summed E-state index contributed by atoms with van der Waals surface area (Å²) in [6.45, 7) is 15.3. The first-order valence-corrected chi connectivity index (χ1v) is 12.2. The zero-order valence-corrected chi connectivity index (χ0v) is 22.6. The molecule has 2 rings (SSSR count). The fourth-order valence-electron chi connectivity index (χ4n) is 3.01. The van der Waals surface area contributed by atoms with Gasteiger partial charge in [-0.15, -0.1) is 0 Å². The van der Waals surface area contributed by atoms with Crippen LogP contribution in [0.3, 0.4) is 0 Å². The van der Waals surface area contributed by atoms with Gasteiger partial charge < -0.3 is 9.80 Å². The minimum atomic E-state index is 0.0378. The number of likely N-dealkylation sites (N-methyl/N-ethyl adjacent to an activating group) is 2. The lowest BCUT2D eigenvalue weighted by molar-refractivity contribution is -0.127. The number of nitrogens with zero attached hydrogens (tertiary/aromatic N) is 4. The van der Waals surface area contributed by atoms with Crippen LogP contribution in [0.2, 0.25) is 5.02 Å². The summed E-state index contributed by atoms with van der Waals surface area (Å²) in [5.74, 6) is 0.807. The van der Waals surface area contributed by atoms with Gasteiger partial charge in [-0.1, -0.05) is 67.9 Å². The molecule has 5 nitrogen and oxygen atoms in total. The van der Waals surface area contributed by atoms with Gasteiger partial charge in [0, 0.05) is 50.1 Å². The van der Waals surface area contributed by atoms with Gasteiger partial charge >= 0.3 is 0 Å². The largest absolute Gasteiger partial charge is 0.354 e. The predicted octanol–water partition coefficient (Wildman–Crippen LogP) is 6.76. The zero-order chi connectivity index (χ0) is 25.7. The van der Waals surface area contributed by atoms with Crippen molar-refractivity contribution in [2.75, 3.05) is 31.6 Å². The van der Waals surface area contributed by atoms with Gasteiger partial charge in [0.25, 0.3) is 0 Å². The molecule has 184 valence electrons. The fourth-order valence-corrected chi connectivity index (χ4v) is 3.20. The second-order valence-electron chi connectivity index (χ2n) is 7.45. The molecule has 0 bridgehead atoms. The van der Waals surface area contributed by atoms with Crippen molar-refractivity contribution in [3.8, 4) is 0 Å². The number of amides is 1. The second-order valence-corrected chi connectivity index (χ2v) is 8.33. The minimum absolute atomic E-state index is 0.0378. The summed E-state index contributed by atoms with van der Waals surface area (Å²) in [7, 11) is 1.80. The molecule has 0 N–H and O–H groups in total. The first-order valence-electron chi connectivity index (χ1n) is 11.5.